The topological polar surface area (TPSA) is 47.6 Å². The molecule has 142 valence electrons. The van der Waals surface area contributed by atoms with Gasteiger partial charge in [0.05, 0.1) is 12.0 Å². The molecule has 2 unspecified atom stereocenters. The lowest BCUT2D eigenvalue weighted by atomic mass is 9.79. The summed E-state index contributed by atoms with van der Waals surface area (Å²) in [6, 6.07) is 5.90. The minimum atomic E-state index is -4.31. The molecule has 0 radical (unpaired) electrons. The highest BCUT2D eigenvalue weighted by Gasteiger charge is 2.50. The van der Waals surface area contributed by atoms with Crippen molar-refractivity contribution in [2.75, 3.05) is 13.7 Å². The third-order valence-corrected chi connectivity index (χ3v) is 4.31. The third-order valence-electron chi connectivity index (χ3n) is 4.31. The van der Waals surface area contributed by atoms with Crippen molar-refractivity contribution in [3.05, 3.63) is 29.8 Å². The van der Waals surface area contributed by atoms with Gasteiger partial charge in [-0.1, -0.05) is 19.1 Å². The van der Waals surface area contributed by atoms with E-state index in [1.54, 1.807) is 14.0 Å². The highest BCUT2D eigenvalue weighted by atomic mass is 19.4. The number of carbonyl (C=O) groups excluding carboxylic acids is 1. The van der Waals surface area contributed by atoms with E-state index in [1.165, 1.54) is 38.1 Å². The average molecular weight is 361 g/mol. The Morgan fingerprint density at radius 3 is 2.32 bits per heavy atom. The fraction of sp³-hybridized carbons (Fsp3) is 0.611. The molecule has 4 nitrogen and oxygen atoms in total. The first kappa shape index (κ1) is 21.3. The summed E-state index contributed by atoms with van der Waals surface area (Å²) in [7, 11) is 1.57. The maximum atomic E-state index is 13.3. The summed E-state index contributed by atoms with van der Waals surface area (Å²) in [5.41, 5.74) is -1.68. The smallest absolute Gasteiger partial charge is 0.398 e. The maximum Gasteiger partial charge on any atom is 0.398 e. The minimum absolute atomic E-state index is 0.0401. The van der Waals surface area contributed by atoms with Gasteiger partial charge in [-0.25, -0.2) is 0 Å². The largest absolute Gasteiger partial charge is 0.465 e. The zero-order chi connectivity index (χ0) is 19.1. The van der Waals surface area contributed by atoms with Crippen molar-refractivity contribution in [2.45, 2.75) is 57.9 Å². The lowest BCUT2D eigenvalue weighted by molar-refractivity contribution is -0.186. The highest BCUT2D eigenvalue weighted by Crippen LogP contribution is 2.43. The first-order valence-electron chi connectivity index (χ1n) is 8.30. The van der Waals surface area contributed by atoms with Gasteiger partial charge >= 0.3 is 6.18 Å². The first-order valence-corrected chi connectivity index (χ1v) is 8.30. The number of ether oxygens (including phenoxy) is 2. The molecular weight excluding hydrogens is 335 g/mol. The van der Waals surface area contributed by atoms with Crippen molar-refractivity contribution < 1.29 is 27.4 Å². The predicted molar refractivity (Wildman–Crippen MR) is 89.5 cm³/mol. The van der Waals surface area contributed by atoms with Crippen LogP contribution in [0.3, 0.4) is 0 Å². The summed E-state index contributed by atoms with van der Waals surface area (Å²) < 4.78 is 50.8. The van der Waals surface area contributed by atoms with E-state index >= 15 is 0 Å². The molecule has 0 aliphatic carbocycles. The summed E-state index contributed by atoms with van der Waals surface area (Å²) in [5, 5.41) is 2.52. The number of hydrogen-bond acceptors (Lipinski definition) is 3. The molecule has 0 aliphatic heterocycles. The Balaban J connectivity index is 2.58. The molecule has 1 aromatic carbocycles. The van der Waals surface area contributed by atoms with E-state index in [-0.39, 0.29) is 17.9 Å². The summed E-state index contributed by atoms with van der Waals surface area (Å²) in [6.45, 7) is 4.77. The van der Waals surface area contributed by atoms with E-state index in [2.05, 4.69) is 5.32 Å². The standard InChI is InChI=1S/C18H26F3NO3/c1-5-17(3,18(19,20)21)14-8-10-15(11-9-14)25-13(2)24-12-6-7-16(23)22-4/h8-11,13H,5-7,12H2,1-4H3,(H,22,23). The molecule has 0 saturated carbocycles. The summed E-state index contributed by atoms with van der Waals surface area (Å²) in [4.78, 5) is 11.1. The first-order chi connectivity index (χ1) is 11.6. The van der Waals surface area contributed by atoms with Gasteiger partial charge in [-0.2, -0.15) is 13.2 Å². The maximum absolute atomic E-state index is 13.3. The normalized spacial score (nSPS) is 15.3. The number of amides is 1. The predicted octanol–water partition coefficient (Wildman–Crippen LogP) is 4.18. The third kappa shape index (κ3) is 5.92. The summed E-state index contributed by atoms with van der Waals surface area (Å²) in [6.07, 6.45) is -3.99. The van der Waals surface area contributed by atoms with Gasteiger partial charge in [-0.3, -0.25) is 4.79 Å². The van der Waals surface area contributed by atoms with Crippen molar-refractivity contribution in [1.82, 2.24) is 5.32 Å². The molecule has 2 atom stereocenters. The van der Waals surface area contributed by atoms with Crippen LogP contribution in [0, 0.1) is 0 Å². The second-order valence-electron chi connectivity index (χ2n) is 6.04. The zero-order valence-electron chi connectivity index (χ0n) is 15.1. The van der Waals surface area contributed by atoms with Crippen LogP contribution in [0.15, 0.2) is 24.3 Å². The van der Waals surface area contributed by atoms with Crippen LogP contribution in [0.1, 0.15) is 45.6 Å². The monoisotopic (exact) mass is 361 g/mol. The molecule has 0 heterocycles. The number of hydrogen-bond donors (Lipinski definition) is 1. The quantitative estimate of drug-likeness (QED) is 0.530. The molecule has 1 rings (SSSR count). The van der Waals surface area contributed by atoms with Gasteiger partial charge in [-0.15, -0.1) is 0 Å². The second-order valence-corrected chi connectivity index (χ2v) is 6.04. The van der Waals surface area contributed by atoms with Crippen molar-refractivity contribution in [1.29, 1.82) is 0 Å². The van der Waals surface area contributed by atoms with Gasteiger partial charge in [0, 0.05) is 13.5 Å². The van der Waals surface area contributed by atoms with E-state index in [4.69, 9.17) is 9.47 Å². The van der Waals surface area contributed by atoms with Crippen molar-refractivity contribution in [3.8, 4) is 5.75 Å². The van der Waals surface area contributed by atoms with E-state index in [1.807, 2.05) is 0 Å². The summed E-state index contributed by atoms with van der Waals surface area (Å²) >= 11 is 0. The van der Waals surface area contributed by atoms with Gasteiger partial charge in [0.1, 0.15) is 5.75 Å². The van der Waals surface area contributed by atoms with E-state index in [0.717, 1.165) is 0 Å². The molecule has 1 amide bonds. The van der Waals surface area contributed by atoms with Crippen LogP contribution in [-0.2, 0) is 14.9 Å². The Kier molecular flexibility index (Phi) is 7.73. The molecule has 1 aromatic rings. The Labute approximate surface area is 146 Å². The van der Waals surface area contributed by atoms with Crippen LogP contribution in [0.25, 0.3) is 0 Å². The fourth-order valence-corrected chi connectivity index (χ4v) is 2.30. The number of rotatable bonds is 9. The lowest BCUT2D eigenvalue weighted by Gasteiger charge is -2.31. The number of halogens is 3. The zero-order valence-corrected chi connectivity index (χ0v) is 15.1. The van der Waals surface area contributed by atoms with Gasteiger partial charge in [0.2, 0.25) is 5.91 Å². The Morgan fingerprint density at radius 2 is 1.84 bits per heavy atom. The molecule has 0 aromatic heterocycles. The molecule has 0 bridgehead atoms. The van der Waals surface area contributed by atoms with E-state index in [0.29, 0.717) is 25.2 Å². The molecule has 7 heteroatoms. The molecule has 0 spiro atoms. The Hall–Kier alpha value is -1.76. The van der Waals surface area contributed by atoms with Crippen LogP contribution in [-0.4, -0.2) is 32.0 Å². The summed E-state index contributed by atoms with van der Waals surface area (Å²) in [5.74, 6) is 0.375. The van der Waals surface area contributed by atoms with Gasteiger partial charge in [-0.05, 0) is 44.4 Å². The number of nitrogens with one attached hydrogen (secondary N) is 1. The molecule has 0 fully saturated rings. The molecule has 25 heavy (non-hydrogen) atoms. The molecular formula is C18H26F3NO3. The molecule has 0 saturated heterocycles. The van der Waals surface area contributed by atoms with E-state index in [9.17, 15) is 18.0 Å². The van der Waals surface area contributed by atoms with Crippen molar-refractivity contribution in [2.24, 2.45) is 0 Å². The van der Waals surface area contributed by atoms with Crippen LogP contribution in [0.2, 0.25) is 0 Å². The second kappa shape index (κ2) is 9.08. The SMILES string of the molecule is CCC(C)(c1ccc(OC(C)OCCCC(=O)NC)cc1)C(F)(F)F. The fourth-order valence-electron chi connectivity index (χ4n) is 2.30. The number of alkyl halides is 3. The van der Waals surface area contributed by atoms with Gasteiger partial charge < -0.3 is 14.8 Å². The van der Waals surface area contributed by atoms with Crippen LogP contribution < -0.4 is 10.1 Å². The number of carbonyl (C=O) groups is 1. The Morgan fingerprint density at radius 1 is 1.24 bits per heavy atom. The van der Waals surface area contributed by atoms with Crippen LogP contribution >= 0.6 is 0 Å². The van der Waals surface area contributed by atoms with Crippen molar-refractivity contribution >= 4 is 5.91 Å². The van der Waals surface area contributed by atoms with E-state index < -0.39 is 17.9 Å². The Bertz CT molecular complexity index is 545. The van der Waals surface area contributed by atoms with Crippen molar-refractivity contribution in [3.63, 3.8) is 0 Å². The minimum Gasteiger partial charge on any atom is -0.465 e. The molecule has 1 N–H and O–H groups in total. The number of benzene rings is 1. The lowest BCUT2D eigenvalue weighted by Crippen LogP contribution is -2.38. The van der Waals surface area contributed by atoms with Gasteiger partial charge in [0.25, 0.3) is 0 Å². The van der Waals surface area contributed by atoms with Crippen LogP contribution in [0.4, 0.5) is 13.2 Å². The van der Waals surface area contributed by atoms with Crippen LogP contribution in [0.5, 0.6) is 5.75 Å². The average Bonchev–Trinajstić information content (AvgIpc) is 2.57. The molecule has 0 aliphatic rings. The van der Waals surface area contributed by atoms with Gasteiger partial charge in [0.15, 0.2) is 6.29 Å². The highest BCUT2D eigenvalue weighted by molar-refractivity contribution is 5.75.